The van der Waals surface area contributed by atoms with Crippen LogP contribution in [0.15, 0.2) is 30.4 Å². The van der Waals surface area contributed by atoms with Crippen LogP contribution in [0.4, 0.5) is 0 Å². The summed E-state index contributed by atoms with van der Waals surface area (Å²) < 4.78 is 5.23. The summed E-state index contributed by atoms with van der Waals surface area (Å²) in [5.74, 6) is 2.06. The lowest BCUT2D eigenvalue weighted by Gasteiger charge is -2.50. The van der Waals surface area contributed by atoms with Crippen LogP contribution in [0.3, 0.4) is 0 Å². The number of fused-ring (bicyclic) bond motifs is 5. The second kappa shape index (κ2) is 5.20. The number of carbonyl (C=O) groups is 1. The quantitative estimate of drug-likeness (QED) is 0.489. The summed E-state index contributed by atoms with van der Waals surface area (Å²) in [6.07, 6.45) is 8.36. The molecule has 0 aliphatic heterocycles. The van der Waals surface area contributed by atoms with Gasteiger partial charge in [0.1, 0.15) is 5.75 Å². The zero-order chi connectivity index (χ0) is 16.2. The van der Waals surface area contributed by atoms with Crippen LogP contribution < -0.4 is 4.74 Å². The minimum absolute atomic E-state index is 0.0242. The summed E-state index contributed by atoms with van der Waals surface area (Å²) in [6, 6.07) is 6.12. The monoisotopic (exact) mass is 312 g/mol. The fourth-order valence-electron chi connectivity index (χ4n) is 5.22. The average molecular weight is 312 g/mol. The van der Waals surface area contributed by atoms with E-state index < -0.39 is 0 Å². The van der Waals surface area contributed by atoms with E-state index in [2.05, 4.69) is 19.1 Å². The molecule has 0 unspecified atom stereocenters. The molecule has 0 heterocycles. The third-order valence-corrected chi connectivity index (χ3v) is 6.43. The van der Waals surface area contributed by atoms with E-state index in [-0.39, 0.29) is 17.5 Å². The van der Waals surface area contributed by atoms with Gasteiger partial charge in [-0.1, -0.05) is 25.1 Å². The van der Waals surface area contributed by atoms with Crippen molar-refractivity contribution in [2.24, 2.45) is 17.3 Å². The van der Waals surface area contributed by atoms with Crippen LogP contribution in [0, 0.1) is 17.3 Å². The first kappa shape index (κ1) is 14.9. The van der Waals surface area contributed by atoms with Crippen molar-refractivity contribution < 1.29 is 14.6 Å². The van der Waals surface area contributed by atoms with E-state index in [1.54, 1.807) is 0 Å². The third-order valence-electron chi connectivity index (χ3n) is 6.43. The van der Waals surface area contributed by atoms with Crippen molar-refractivity contribution >= 4 is 5.97 Å². The summed E-state index contributed by atoms with van der Waals surface area (Å²) in [5.41, 5.74) is 2.78. The number of rotatable bonds is 1. The molecule has 1 N–H and O–H groups in total. The van der Waals surface area contributed by atoms with E-state index in [1.807, 2.05) is 18.2 Å². The summed E-state index contributed by atoms with van der Waals surface area (Å²) >= 11 is 0. The van der Waals surface area contributed by atoms with E-state index in [9.17, 15) is 9.90 Å². The smallest absolute Gasteiger partial charge is 0.308 e. The minimum atomic E-state index is -0.291. The zero-order valence-electron chi connectivity index (χ0n) is 13.8. The van der Waals surface area contributed by atoms with E-state index in [0.717, 1.165) is 25.7 Å². The number of ether oxygens (including phenoxy) is 1. The maximum atomic E-state index is 11.1. The zero-order valence-corrected chi connectivity index (χ0v) is 13.8. The number of allylic oxidation sites excluding steroid dienone is 1. The van der Waals surface area contributed by atoms with E-state index in [4.69, 9.17) is 4.74 Å². The highest BCUT2D eigenvalue weighted by atomic mass is 16.5. The molecule has 1 saturated carbocycles. The van der Waals surface area contributed by atoms with Crippen molar-refractivity contribution in [3.8, 4) is 5.75 Å². The molecule has 1 fully saturated rings. The largest absolute Gasteiger partial charge is 0.427 e. The predicted octanol–water partition coefficient (Wildman–Crippen LogP) is 3.60. The number of hydrogen-bond donors (Lipinski definition) is 1. The molecule has 122 valence electrons. The van der Waals surface area contributed by atoms with Crippen molar-refractivity contribution in [3.05, 3.63) is 41.5 Å². The number of carbonyl (C=O) groups excluding carboxylic acids is 1. The summed E-state index contributed by atoms with van der Waals surface area (Å²) in [5, 5.41) is 10.4. The second-order valence-electron chi connectivity index (χ2n) is 7.66. The number of benzene rings is 1. The molecule has 3 aliphatic rings. The number of esters is 1. The van der Waals surface area contributed by atoms with Gasteiger partial charge in [0.2, 0.25) is 0 Å². The van der Waals surface area contributed by atoms with Gasteiger partial charge in [-0.3, -0.25) is 4.79 Å². The lowest BCUT2D eigenvalue weighted by molar-refractivity contribution is -0.131. The molecule has 0 bridgehead atoms. The van der Waals surface area contributed by atoms with Gasteiger partial charge in [-0.2, -0.15) is 0 Å². The van der Waals surface area contributed by atoms with E-state index in [0.29, 0.717) is 23.5 Å². The molecule has 4 rings (SSSR count). The number of aliphatic hydroxyl groups excluding tert-OH is 1. The molecule has 1 aromatic rings. The highest BCUT2D eigenvalue weighted by Gasteiger charge is 2.52. The number of aliphatic hydroxyl groups is 1. The molecule has 0 amide bonds. The average Bonchev–Trinajstić information content (AvgIpc) is 2.82. The molecule has 0 spiro atoms. The van der Waals surface area contributed by atoms with Crippen LogP contribution in [0.25, 0.3) is 0 Å². The van der Waals surface area contributed by atoms with Gasteiger partial charge in [-0.15, -0.1) is 0 Å². The van der Waals surface area contributed by atoms with Crippen LogP contribution in [0.5, 0.6) is 5.75 Å². The Bertz CT molecular complexity index is 677. The summed E-state index contributed by atoms with van der Waals surface area (Å²) in [4.78, 5) is 11.1. The standard InChI is InChI=1S/C20H24O3/c1-12(21)23-14-4-6-15-13(11-14)3-5-17-16(15)9-10-20(2)18(17)7-8-19(20)22/h4,6-8,11,16-19,22H,3,5,9-10H2,1-2H3/t16-,17-,18+,19+,20+/m1/s1. The van der Waals surface area contributed by atoms with Crippen molar-refractivity contribution in [1.29, 1.82) is 0 Å². The Kier molecular flexibility index (Phi) is 3.38. The summed E-state index contributed by atoms with van der Waals surface area (Å²) in [7, 11) is 0. The topological polar surface area (TPSA) is 46.5 Å². The molecular formula is C20H24O3. The van der Waals surface area contributed by atoms with Gasteiger partial charge in [0.15, 0.2) is 0 Å². The molecule has 3 nitrogen and oxygen atoms in total. The SMILES string of the molecule is CC(=O)Oc1ccc2c(c1)CC[C@@H]1[C@@H]2CC[C@]2(C)[C@@H](O)C=C[C@@H]12. The molecule has 23 heavy (non-hydrogen) atoms. The predicted molar refractivity (Wildman–Crippen MR) is 88.3 cm³/mol. The minimum Gasteiger partial charge on any atom is -0.427 e. The third kappa shape index (κ3) is 2.25. The molecule has 3 heteroatoms. The van der Waals surface area contributed by atoms with Crippen LogP contribution in [-0.2, 0) is 11.2 Å². The Morgan fingerprint density at radius 1 is 1.30 bits per heavy atom. The second-order valence-corrected chi connectivity index (χ2v) is 7.66. The summed E-state index contributed by atoms with van der Waals surface area (Å²) in [6.45, 7) is 3.69. The van der Waals surface area contributed by atoms with Gasteiger partial charge in [0.05, 0.1) is 6.10 Å². The van der Waals surface area contributed by atoms with Gasteiger partial charge >= 0.3 is 5.97 Å². The first-order valence-electron chi connectivity index (χ1n) is 8.66. The maximum absolute atomic E-state index is 11.1. The Labute approximate surface area is 137 Å². The van der Waals surface area contributed by atoms with Crippen molar-refractivity contribution in [3.63, 3.8) is 0 Å². The van der Waals surface area contributed by atoms with E-state index >= 15 is 0 Å². The fraction of sp³-hybridized carbons (Fsp3) is 0.550. The lowest BCUT2D eigenvalue weighted by Crippen LogP contribution is -2.44. The van der Waals surface area contributed by atoms with Crippen LogP contribution in [0.1, 0.15) is 50.2 Å². The van der Waals surface area contributed by atoms with Crippen molar-refractivity contribution in [2.45, 2.75) is 51.6 Å². The van der Waals surface area contributed by atoms with Gasteiger partial charge < -0.3 is 9.84 Å². The van der Waals surface area contributed by atoms with Crippen molar-refractivity contribution in [2.75, 3.05) is 0 Å². The number of aryl methyl sites for hydroxylation is 1. The Hall–Kier alpha value is -1.61. The Balaban J connectivity index is 1.65. The highest BCUT2D eigenvalue weighted by molar-refractivity contribution is 5.69. The molecule has 0 radical (unpaired) electrons. The van der Waals surface area contributed by atoms with Crippen molar-refractivity contribution in [1.82, 2.24) is 0 Å². The molecule has 5 atom stereocenters. The fourth-order valence-corrected chi connectivity index (χ4v) is 5.22. The van der Waals surface area contributed by atoms with Crippen LogP contribution in [-0.4, -0.2) is 17.2 Å². The van der Waals surface area contributed by atoms with Gasteiger partial charge in [0, 0.05) is 12.3 Å². The van der Waals surface area contributed by atoms with Gasteiger partial charge in [-0.25, -0.2) is 0 Å². The molecular weight excluding hydrogens is 288 g/mol. The molecule has 3 aliphatic carbocycles. The van der Waals surface area contributed by atoms with Crippen LogP contribution in [0.2, 0.25) is 0 Å². The molecule has 0 aromatic heterocycles. The first-order chi connectivity index (χ1) is 11.0. The maximum Gasteiger partial charge on any atom is 0.308 e. The number of hydrogen-bond acceptors (Lipinski definition) is 3. The Morgan fingerprint density at radius 3 is 2.91 bits per heavy atom. The normalized spacial score (nSPS) is 37.7. The van der Waals surface area contributed by atoms with Gasteiger partial charge in [-0.05, 0) is 66.7 Å². The lowest BCUT2D eigenvalue weighted by atomic mass is 9.55. The molecule has 0 saturated heterocycles. The van der Waals surface area contributed by atoms with E-state index in [1.165, 1.54) is 18.1 Å². The molecule has 1 aromatic carbocycles. The first-order valence-corrected chi connectivity index (χ1v) is 8.66. The van der Waals surface area contributed by atoms with Gasteiger partial charge in [0.25, 0.3) is 0 Å². The Morgan fingerprint density at radius 2 is 2.13 bits per heavy atom. The van der Waals surface area contributed by atoms with Crippen LogP contribution >= 0.6 is 0 Å². The highest BCUT2D eigenvalue weighted by Crippen LogP contribution is 2.58.